The Morgan fingerprint density at radius 2 is 2.33 bits per heavy atom. The van der Waals surface area contributed by atoms with Crippen molar-refractivity contribution in [3.05, 3.63) is 26.9 Å². The number of nitro groups is 1. The van der Waals surface area contributed by atoms with Crippen LogP contribution in [0.2, 0.25) is 0 Å². The van der Waals surface area contributed by atoms with E-state index < -0.39 is 16.4 Å². The average molecular weight is 318 g/mol. The summed E-state index contributed by atoms with van der Waals surface area (Å²) in [5.74, 6) is -1.15. The second-order valence-electron chi connectivity index (χ2n) is 3.89. The molecule has 0 radical (unpaired) electrons. The topological polar surface area (TPSA) is 105 Å². The highest BCUT2D eigenvalue weighted by Crippen LogP contribution is 2.28. The van der Waals surface area contributed by atoms with Crippen LogP contribution in [0.4, 0.5) is 11.5 Å². The molecule has 0 aliphatic carbocycles. The summed E-state index contributed by atoms with van der Waals surface area (Å²) in [4.78, 5) is 25.2. The van der Waals surface area contributed by atoms with Crippen molar-refractivity contribution in [3.63, 3.8) is 0 Å². The van der Waals surface area contributed by atoms with Crippen LogP contribution < -0.4 is 5.32 Å². The molecule has 0 saturated heterocycles. The molecule has 0 aromatic carbocycles. The van der Waals surface area contributed by atoms with E-state index in [9.17, 15) is 14.9 Å². The van der Waals surface area contributed by atoms with E-state index in [1.165, 1.54) is 19.2 Å². The number of aliphatic carboxylic acids is 1. The third-order valence-corrected chi connectivity index (χ3v) is 3.04. The maximum absolute atomic E-state index is 11.1. The number of carbonyl (C=O) groups is 1. The molecule has 1 unspecified atom stereocenters. The van der Waals surface area contributed by atoms with Gasteiger partial charge in [-0.05, 0) is 29.3 Å². The van der Waals surface area contributed by atoms with E-state index in [1.807, 2.05) is 0 Å². The summed E-state index contributed by atoms with van der Waals surface area (Å²) in [6.07, 6.45) is 1.63. The second kappa shape index (κ2) is 5.30. The number of hydrogen-bond donors (Lipinski definition) is 2. The van der Waals surface area contributed by atoms with Gasteiger partial charge in [-0.25, -0.2) is 9.78 Å². The van der Waals surface area contributed by atoms with Gasteiger partial charge in [0.2, 0.25) is 5.82 Å². The van der Waals surface area contributed by atoms with Gasteiger partial charge in [0.25, 0.3) is 0 Å². The van der Waals surface area contributed by atoms with Gasteiger partial charge in [0, 0.05) is 16.7 Å². The molecule has 0 bridgehead atoms. The first-order valence-corrected chi connectivity index (χ1v) is 5.91. The zero-order valence-corrected chi connectivity index (χ0v) is 11.4. The summed E-state index contributed by atoms with van der Waals surface area (Å²) in [5.41, 5.74) is -1.57. The van der Waals surface area contributed by atoms with Gasteiger partial charge in [0.05, 0.1) is 4.92 Å². The number of nitrogens with one attached hydrogen (secondary N) is 1. The Morgan fingerprint density at radius 1 is 1.72 bits per heavy atom. The van der Waals surface area contributed by atoms with Crippen molar-refractivity contribution in [2.75, 3.05) is 5.32 Å². The monoisotopic (exact) mass is 317 g/mol. The third kappa shape index (κ3) is 2.95. The van der Waals surface area contributed by atoms with Crippen LogP contribution in [0.15, 0.2) is 16.7 Å². The van der Waals surface area contributed by atoms with Gasteiger partial charge < -0.3 is 10.4 Å². The van der Waals surface area contributed by atoms with Crippen LogP contribution >= 0.6 is 15.9 Å². The van der Waals surface area contributed by atoms with Crippen LogP contribution in [0.5, 0.6) is 0 Å². The number of carboxylic acid groups (broad SMARTS) is 1. The first-order chi connectivity index (χ1) is 8.30. The summed E-state index contributed by atoms with van der Waals surface area (Å²) < 4.78 is 0.452. The molecule has 98 valence electrons. The Labute approximate surface area is 112 Å². The van der Waals surface area contributed by atoms with Crippen molar-refractivity contribution in [1.29, 1.82) is 0 Å². The van der Waals surface area contributed by atoms with Crippen LogP contribution in [0, 0.1) is 10.1 Å². The first kappa shape index (κ1) is 14.4. The smallest absolute Gasteiger partial charge is 0.329 e. The fourth-order valence-corrected chi connectivity index (χ4v) is 1.54. The standard InChI is InChI=1S/C10H12BrN3O4/c1-3-10(2,9(15)16)13-8-7(14(17)18)4-6(11)5-12-8/h4-5H,3H2,1-2H3,(H,12,13)(H,15,16). The van der Waals surface area contributed by atoms with Crippen molar-refractivity contribution < 1.29 is 14.8 Å². The third-order valence-electron chi connectivity index (χ3n) is 2.60. The summed E-state index contributed by atoms with van der Waals surface area (Å²) in [5, 5.41) is 22.6. The van der Waals surface area contributed by atoms with E-state index in [2.05, 4.69) is 26.2 Å². The Morgan fingerprint density at radius 3 is 2.78 bits per heavy atom. The number of hydrogen-bond acceptors (Lipinski definition) is 5. The highest BCUT2D eigenvalue weighted by Gasteiger charge is 2.33. The van der Waals surface area contributed by atoms with Crippen molar-refractivity contribution >= 4 is 33.4 Å². The molecule has 1 aromatic heterocycles. The molecule has 0 spiro atoms. The van der Waals surface area contributed by atoms with Crippen LogP contribution in [0.3, 0.4) is 0 Å². The molecule has 0 aliphatic heterocycles. The molecule has 1 rings (SSSR count). The van der Waals surface area contributed by atoms with Gasteiger partial charge in [-0.15, -0.1) is 0 Å². The van der Waals surface area contributed by atoms with E-state index in [1.54, 1.807) is 6.92 Å². The molecule has 18 heavy (non-hydrogen) atoms. The number of halogens is 1. The zero-order valence-electron chi connectivity index (χ0n) is 9.81. The number of aromatic nitrogens is 1. The Kier molecular flexibility index (Phi) is 4.23. The maximum atomic E-state index is 11.1. The number of pyridine rings is 1. The van der Waals surface area contributed by atoms with E-state index in [-0.39, 0.29) is 17.9 Å². The predicted octanol–water partition coefficient (Wildman–Crippen LogP) is 2.42. The minimum absolute atomic E-state index is 0.0602. The fourth-order valence-electron chi connectivity index (χ4n) is 1.22. The predicted molar refractivity (Wildman–Crippen MR) is 68.5 cm³/mol. The lowest BCUT2D eigenvalue weighted by Crippen LogP contribution is -2.43. The first-order valence-electron chi connectivity index (χ1n) is 5.11. The lowest BCUT2D eigenvalue weighted by molar-refractivity contribution is -0.384. The molecular formula is C10H12BrN3O4. The molecule has 7 nitrogen and oxygen atoms in total. The normalized spacial score (nSPS) is 13.7. The number of rotatable bonds is 5. The van der Waals surface area contributed by atoms with Gasteiger partial charge in [-0.3, -0.25) is 10.1 Å². The largest absolute Gasteiger partial charge is 0.480 e. The fraction of sp³-hybridized carbons (Fsp3) is 0.400. The van der Waals surface area contributed by atoms with Gasteiger partial charge in [-0.1, -0.05) is 6.92 Å². The van der Waals surface area contributed by atoms with E-state index in [0.29, 0.717) is 4.47 Å². The summed E-state index contributed by atoms with van der Waals surface area (Å²) in [6, 6.07) is 1.27. The molecule has 1 atom stereocenters. The number of carboxylic acids is 1. The molecule has 1 aromatic rings. The van der Waals surface area contributed by atoms with Crippen molar-refractivity contribution in [2.45, 2.75) is 25.8 Å². The van der Waals surface area contributed by atoms with E-state index in [4.69, 9.17) is 5.11 Å². The average Bonchev–Trinajstić information content (AvgIpc) is 2.30. The lowest BCUT2D eigenvalue weighted by atomic mass is 9.99. The Balaban J connectivity index is 3.18. The molecule has 1 heterocycles. The summed E-state index contributed by atoms with van der Waals surface area (Å²) in [7, 11) is 0. The highest BCUT2D eigenvalue weighted by atomic mass is 79.9. The van der Waals surface area contributed by atoms with Gasteiger partial charge >= 0.3 is 11.7 Å². The van der Waals surface area contributed by atoms with Crippen LogP contribution in [0.1, 0.15) is 20.3 Å². The molecular weight excluding hydrogens is 306 g/mol. The van der Waals surface area contributed by atoms with Crippen LogP contribution in [-0.4, -0.2) is 26.5 Å². The lowest BCUT2D eigenvalue weighted by Gasteiger charge is -2.24. The van der Waals surface area contributed by atoms with Crippen molar-refractivity contribution in [3.8, 4) is 0 Å². The van der Waals surface area contributed by atoms with Crippen molar-refractivity contribution in [1.82, 2.24) is 4.98 Å². The second-order valence-corrected chi connectivity index (χ2v) is 4.81. The molecule has 0 saturated carbocycles. The molecule has 2 N–H and O–H groups in total. The quantitative estimate of drug-likeness (QED) is 0.638. The molecule has 0 aliphatic rings. The minimum atomic E-state index is -1.30. The highest BCUT2D eigenvalue weighted by molar-refractivity contribution is 9.10. The van der Waals surface area contributed by atoms with Crippen molar-refractivity contribution in [2.24, 2.45) is 0 Å². The molecule has 0 fully saturated rings. The minimum Gasteiger partial charge on any atom is -0.480 e. The van der Waals surface area contributed by atoms with Crippen LogP contribution in [0.25, 0.3) is 0 Å². The Bertz CT molecular complexity index is 494. The summed E-state index contributed by atoms with van der Waals surface area (Å²) >= 11 is 3.08. The summed E-state index contributed by atoms with van der Waals surface area (Å²) in [6.45, 7) is 3.12. The SMILES string of the molecule is CCC(C)(Nc1ncc(Br)cc1[N+](=O)[O-])C(=O)O. The molecule has 8 heteroatoms. The van der Waals surface area contributed by atoms with Crippen LogP contribution in [-0.2, 0) is 4.79 Å². The van der Waals surface area contributed by atoms with Gasteiger partial charge in [0.15, 0.2) is 0 Å². The van der Waals surface area contributed by atoms with Gasteiger partial charge in [0.1, 0.15) is 5.54 Å². The van der Waals surface area contributed by atoms with E-state index in [0.717, 1.165) is 0 Å². The number of anilines is 1. The van der Waals surface area contributed by atoms with E-state index >= 15 is 0 Å². The van der Waals surface area contributed by atoms with Gasteiger partial charge in [-0.2, -0.15) is 0 Å². The Hall–Kier alpha value is -1.70. The molecule has 0 amide bonds. The zero-order chi connectivity index (χ0) is 13.9. The maximum Gasteiger partial charge on any atom is 0.329 e. The number of nitrogens with zero attached hydrogens (tertiary/aromatic N) is 2.